The smallest absolute Gasteiger partial charge is 0.265 e. The average molecular weight is 730 g/mol. The molecule has 0 amide bonds. The van der Waals surface area contributed by atoms with Gasteiger partial charge in [0.05, 0.1) is 44.2 Å². The SMILES string of the molecule is O=c1c2c(ccc3c4ccccc4n(-c4nc(-c5ccccc5)c5ccccc5n4)c32)c2ccc3c4ccccc4n(-c4ccccc4)c3c2n1-c1ccccc1. The van der Waals surface area contributed by atoms with Crippen LogP contribution in [0.15, 0.2) is 193 Å². The maximum atomic E-state index is 15.9. The number of para-hydroxylation sites is 5. The normalized spacial score (nSPS) is 11.9. The molecule has 0 saturated carbocycles. The summed E-state index contributed by atoms with van der Waals surface area (Å²) < 4.78 is 6.34. The molecule has 0 unspecified atom stereocenters. The predicted molar refractivity (Wildman–Crippen MR) is 234 cm³/mol. The van der Waals surface area contributed by atoms with E-state index in [1.165, 1.54) is 0 Å². The highest BCUT2D eigenvalue weighted by molar-refractivity contribution is 6.26. The second kappa shape index (κ2) is 12.1. The van der Waals surface area contributed by atoms with E-state index in [4.69, 9.17) is 9.97 Å². The maximum Gasteiger partial charge on any atom is 0.265 e. The Morgan fingerprint density at radius 2 is 0.825 bits per heavy atom. The predicted octanol–water partition coefficient (Wildman–Crippen LogP) is 11.9. The molecule has 12 rings (SSSR count). The van der Waals surface area contributed by atoms with Gasteiger partial charge in [-0.05, 0) is 47.9 Å². The summed E-state index contributed by atoms with van der Waals surface area (Å²) in [6.45, 7) is 0. The number of rotatable bonds is 4. The van der Waals surface area contributed by atoms with Crippen LogP contribution in [0.25, 0.3) is 105 Å². The summed E-state index contributed by atoms with van der Waals surface area (Å²) in [6.07, 6.45) is 0. The Bertz CT molecular complexity index is 3640. The van der Waals surface area contributed by atoms with E-state index in [0.717, 1.165) is 93.4 Å². The zero-order chi connectivity index (χ0) is 37.6. The van der Waals surface area contributed by atoms with Crippen LogP contribution >= 0.6 is 0 Å². The van der Waals surface area contributed by atoms with Crippen LogP contribution in [-0.4, -0.2) is 23.7 Å². The fourth-order valence-corrected chi connectivity index (χ4v) is 9.05. The Hall–Kier alpha value is -7.83. The topological polar surface area (TPSA) is 57.6 Å². The molecule has 6 nitrogen and oxygen atoms in total. The largest absolute Gasteiger partial charge is 0.307 e. The molecule has 8 aromatic carbocycles. The van der Waals surface area contributed by atoms with Gasteiger partial charge in [0.1, 0.15) is 0 Å². The van der Waals surface area contributed by atoms with Gasteiger partial charge in [-0.25, -0.2) is 9.97 Å². The quantitative estimate of drug-likeness (QED) is 0.170. The Morgan fingerprint density at radius 1 is 0.351 bits per heavy atom. The number of aromatic nitrogens is 5. The van der Waals surface area contributed by atoms with E-state index in [-0.39, 0.29) is 5.56 Å². The van der Waals surface area contributed by atoms with E-state index in [0.29, 0.717) is 11.3 Å². The van der Waals surface area contributed by atoms with Crippen LogP contribution in [0.5, 0.6) is 0 Å². The second-order valence-corrected chi connectivity index (χ2v) is 14.5. The molecular weight excluding hydrogens is 699 g/mol. The summed E-state index contributed by atoms with van der Waals surface area (Å²) in [4.78, 5) is 26.5. The number of hydrogen-bond donors (Lipinski definition) is 0. The van der Waals surface area contributed by atoms with Crippen LogP contribution in [0.4, 0.5) is 0 Å². The lowest BCUT2D eigenvalue weighted by molar-refractivity contribution is 1.01. The molecule has 0 aliphatic heterocycles. The van der Waals surface area contributed by atoms with Crippen molar-refractivity contribution >= 4 is 76.2 Å². The van der Waals surface area contributed by atoms with Gasteiger partial charge in [0.25, 0.3) is 5.56 Å². The highest BCUT2D eigenvalue weighted by Crippen LogP contribution is 2.42. The van der Waals surface area contributed by atoms with Crippen LogP contribution < -0.4 is 5.56 Å². The van der Waals surface area contributed by atoms with Gasteiger partial charge >= 0.3 is 0 Å². The zero-order valence-corrected chi connectivity index (χ0v) is 30.5. The minimum absolute atomic E-state index is 0.111. The highest BCUT2D eigenvalue weighted by atomic mass is 16.1. The van der Waals surface area contributed by atoms with E-state index in [2.05, 4.69) is 118 Å². The van der Waals surface area contributed by atoms with Crippen molar-refractivity contribution in [2.45, 2.75) is 0 Å². The molecular formula is C51H31N5O. The molecule has 0 radical (unpaired) electrons. The molecule has 0 spiro atoms. The summed E-state index contributed by atoms with van der Waals surface area (Å²) in [5.41, 5.74) is 9.00. The van der Waals surface area contributed by atoms with Gasteiger partial charge in [-0.1, -0.05) is 146 Å². The fraction of sp³-hybridized carbons (Fsp3) is 0. The highest BCUT2D eigenvalue weighted by Gasteiger charge is 2.25. The van der Waals surface area contributed by atoms with Gasteiger partial charge in [-0.2, -0.15) is 0 Å². The molecule has 0 saturated heterocycles. The monoisotopic (exact) mass is 729 g/mol. The number of hydrogen-bond acceptors (Lipinski definition) is 3. The third-order valence-corrected chi connectivity index (χ3v) is 11.4. The van der Waals surface area contributed by atoms with E-state index < -0.39 is 0 Å². The summed E-state index contributed by atoms with van der Waals surface area (Å²) in [5, 5.41) is 7.62. The molecule has 0 aliphatic carbocycles. The minimum Gasteiger partial charge on any atom is -0.307 e. The second-order valence-electron chi connectivity index (χ2n) is 14.5. The average Bonchev–Trinajstić information content (AvgIpc) is 3.80. The third kappa shape index (κ3) is 4.49. The van der Waals surface area contributed by atoms with Crippen molar-refractivity contribution in [1.29, 1.82) is 0 Å². The van der Waals surface area contributed by atoms with E-state index in [9.17, 15) is 0 Å². The van der Waals surface area contributed by atoms with Gasteiger partial charge in [-0.3, -0.25) is 13.9 Å². The Morgan fingerprint density at radius 3 is 1.49 bits per heavy atom. The Labute approximate surface area is 325 Å². The van der Waals surface area contributed by atoms with Crippen LogP contribution in [0.2, 0.25) is 0 Å². The van der Waals surface area contributed by atoms with Crippen LogP contribution in [0, 0.1) is 0 Å². The van der Waals surface area contributed by atoms with Gasteiger partial charge in [0.15, 0.2) is 0 Å². The Balaban J connectivity index is 1.31. The van der Waals surface area contributed by atoms with Crippen molar-refractivity contribution in [1.82, 2.24) is 23.7 Å². The zero-order valence-electron chi connectivity index (χ0n) is 30.5. The van der Waals surface area contributed by atoms with Crippen molar-refractivity contribution in [3.8, 4) is 28.6 Å². The summed E-state index contributed by atoms with van der Waals surface area (Å²) in [5.74, 6) is 0.511. The molecule has 57 heavy (non-hydrogen) atoms. The molecule has 266 valence electrons. The number of pyridine rings is 1. The van der Waals surface area contributed by atoms with Gasteiger partial charge in [0, 0.05) is 49.3 Å². The van der Waals surface area contributed by atoms with Crippen molar-refractivity contribution in [3.05, 3.63) is 198 Å². The van der Waals surface area contributed by atoms with E-state index >= 15 is 4.79 Å². The molecule has 4 heterocycles. The maximum absolute atomic E-state index is 15.9. The van der Waals surface area contributed by atoms with Crippen LogP contribution in [-0.2, 0) is 0 Å². The summed E-state index contributed by atoms with van der Waals surface area (Å²) in [6, 6.07) is 64.4. The van der Waals surface area contributed by atoms with E-state index in [1.807, 2.05) is 83.4 Å². The molecule has 0 fully saturated rings. The standard InChI is InChI=1S/C51H31N5O/c57-50-45-37(40-31-30-39-36-23-11-14-26-43(36)54(33-18-6-2-7-19-33)48(39)49(40)55(50)34-20-8-3-9-21-34)28-29-38-35-22-12-15-27-44(35)56(47(38)45)51-52-42-25-13-10-24-41(42)46(53-51)32-16-4-1-5-17-32/h1-31H. The van der Waals surface area contributed by atoms with Gasteiger partial charge in [0.2, 0.25) is 5.95 Å². The summed E-state index contributed by atoms with van der Waals surface area (Å²) in [7, 11) is 0. The number of nitrogens with zero attached hydrogens (tertiary/aromatic N) is 5. The van der Waals surface area contributed by atoms with Gasteiger partial charge < -0.3 is 4.57 Å². The fourth-order valence-electron chi connectivity index (χ4n) is 9.05. The molecule has 0 aliphatic rings. The number of fused-ring (bicyclic) bond motifs is 12. The van der Waals surface area contributed by atoms with Crippen LogP contribution in [0.1, 0.15) is 0 Å². The lowest BCUT2D eigenvalue weighted by atomic mass is 10.0. The lowest BCUT2D eigenvalue weighted by Crippen LogP contribution is -2.20. The first-order valence-corrected chi connectivity index (χ1v) is 19.1. The van der Waals surface area contributed by atoms with Crippen molar-refractivity contribution < 1.29 is 0 Å². The van der Waals surface area contributed by atoms with Crippen molar-refractivity contribution in [3.63, 3.8) is 0 Å². The van der Waals surface area contributed by atoms with Crippen LogP contribution in [0.3, 0.4) is 0 Å². The first-order chi connectivity index (χ1) is 28.2. The molecule has 6 heteroatoms. The third-order valence-electron chi connectivity index (χ3n) is 11.4. The first-order valence-electron chi connectivity index (χ1n) is 19.1. The van der Waals surface area contributed by atoms with Gasteiger partial charge in [-0.15, -0.1) is 0 Å². The van der Waals surface area contributed by atoms with E-state index in [1.54, 1.807) is 0 Å². The Kier molecular flexibility index (Phi) is 6.68. The summed E-state index contributed by atoms with van der Waals surface area (Å²) >= 11 is 0. The first kappa shape index (κ1) is 31.5. The van der Waals surface area contributed by atoms with Crippen molar-refractivity contribution in [2.24, 2.45) is 0 Å². The molecule has 12 aromatic rings. The molecule has 0 atom stereocenters. The minimum atomic E-state index is -0.111. The molecule has 4 aromatic heterocycles. The molecule has 0 bridgehead atoms. The number of benzene rings is 8. The lowest BCUT2D eigenvalue weighted by Gasteiger charge is -2.18. The molecule has 0 N–H and O–H groups in total. The van der Waals surface area contributed by atoms with Crippen molar-refractivity contribution in [2.75, 3.05) is 0 Å².